The summed E-state index contributed by atoms with van der Waals surface area (Å²) < 4.78 is 6.05. The summed E-state index contributed by atoms with van der Waals surface area (Å²) in [4.78, 5) is 0. The Morgan fingerprint density at radius 3 is 1.85 bits per heavy atom. The van der Waals surface area contributed by atoms with Gasteiger partial charge >= 0.3 is 0 Å². The predicted octanol–water partition coefficient (Wildman–Crippen LogP) is 6.03. The van der Waals surface area contributed by atoms with Crippen LogP contribution in [0.15, 0.2) is 48.5 Å². The van der Waals surface area contributed by atoms with E-state index < -0.39 is 0 Å². The number of hydrogen-bond donors (Lipinski definition) is 0. The monoisotopic (exact) mass is 270 g/mol. The zero-order chi connectivity index (χ0) is 15.2. The summed E-state index contributed by atoms with van der Waals surface area (Å²) >= 11 is 0. The predicted molar refractivity (Wildman–Crippen MR) is 88.2 cm³/mol. The van der Waals surface area contributed by atoms with E-state index in [2.05, 4.69) is 50.2 Å². The lowest BCUT2D eigenvalue weighted by atomic mass is 9.86. The molecule has 0 aliphatic carbocycles. The van der Waals surface area contributed by atoms with Crippen molar-refractivity contribution >= 4 is 0 Å². The molecular formula is C19H26O. The summed E-state index contributed by atoms with van der Waals surface area (Å²) in [6.45, 7) is 12.2. The number of para-hydroxylation sites is 1. The first-order valence-electron chi connectivity index (χ1n) is 7.56. The molecule has 1 heterocycles. The van der Waals surface area contributed by atoms with Gasteiger partial charge in [-0.3, -0.25) is 0 Å². The van der Waals surface area contributed by atoms with Crippen LogP contribution >= 0.6 is 0 Å². The van der Waals surface area contributed by atoms with Crippen molar-refractivity contribution in [1.82, 2.24) is 0 Å². The van der Waals surface area contributed by atoms with Gasteiger partial charge in [-0.1, -0.05) is 70.2 Å². The fourth-order valence-corrected chi connectivity index (χ4v) is 2.35. The van der Waals surface area contributed by atoms with E-state index in [1.165, 1.54) is 16.7 Å². The molecule has 0 N–H and O–H groups in total. The topological polar surface area (TPSA) is 9.23 Å². The lowest BCUT2D eigenvalue weighted by Crippen LogP contribution is -2.29. The molecule has 1 aliphatic rings. The summed E-state index contributed by atoms with van der Waals surface area (Å²) in [5.41, 5.74) is 3.49. The molecule has 3 rings (SSSR count). The first-order valence-corrected chi connectivity index (χ1v) is 7.56. The highest BCUT2D eigenvalue weighted by Gasteiger charge is 2.31. The van der Waals surface area contributed by atoms with Crippen molar-refractivity contribution < 1.29 is 4.74 Å². The van der Waals surface area contributed by atoms with E-state index in [1.54, 1.807) is 0 Å². The first kappa shape index (κ1) is 16.3. The molecule has 0 fully saturated rings. The molecule has 1 aliphatic heterocycles. The molecule has 0 unspecified atom stereocenters. The zero-order valence-corrected chi connectivity index (χ0v) is 13.5. The Hall–Kier alpha value is -1.76. The minimum absolute atomic E-state index is 0.245. The molecule has 0 radical (unpaired) electrons. The third kappa shape index (κ3) is 3.04. The van der Waals surface area contributed by atoms with Gasteiger partial charge < -0.3 is 4.74 Å². The zero-order valence-electron chi connectivity index (χ0n) is 13.5. The number of ether oxygens (including phenoxy) is 1. The molecule has 1 heteroatoms. The van der Waals surface area contributed by atoms with E-state index in [1.807, 2.05) is 39.8 Å². The molecule has 0 saturated carbocycles. The summed E-state index contributed by atoms with van der Waals surface area (Å²) in [7, 11) is 0. The second kappa shape index (κ2) is 7.14. The molecule has 108 valence electrons. The van der Waals surface area contributed by atoms with Gasteiger partial charge in [0.15, 0.2) is 0 Å². The minimum atomic E-state index is -0.245. The van der Waals surface area contributed by atoms with Crippen LogP contribution in [0.1, 0.15) is 47.1 Å². The van der Waals surface area contributed by atoms with Crippen LogP contribution in [0, 0.1) is 0 Å². The highest BCUT2D eigenvalue weighted by Crippen LogP contribution is 2.44. The van der Waals surface area contributed by atoms with Crippen LogP contribution in [0.4, 0.5) is 0 Å². The van der Waals surface area contributed by atoms with Gasteiger partial charge in [-0.25, -0.2) is 0 Å². The summed E-state index contributed by atoms with van der Waals surface area (Å²) in [6.07, 6.45) is 0. The average Bonchev–Trinajstić information content (AvgIpc) is 2.51. The van der Waals surface area contributed by atoms with Crippen LogP contribution in [-0.2, 0) is 5.60 Å². The maximum Gasteiger partial charge on any atom is 0.129 e. The van der Waals surface area contributed by atoms with Crippen molar-refractivity contribution in [2.45, 2.75) is 47.1 Å². The fourth-order valence-electron chi connectivity index (χ4n) is 2.35. The Labute approximate surface area is 123 Å². The highest BCUT2D eigenvalue weighted by molar-refractivity contribution is 5.76. The molecule has 2 aromatic carbocycles. The smallest absolute Gasteiger partial charge is 0.129 e. The van der Waals surface area contributed by atoms with Gasteiger partial charge in [0.25, 0.3) is 0 Å². The van der Waals surface area contributed by atoms with Crippen LogP contribution < -0.4 is 4.74 Å². The van der Waals surface area contributed by atoms with E-state index in [0.717, 1.165) is 5.75 Å². The fraction of sp³-hybridized carbons (Fsp3) is 0.368. The number of fused-ring (bicyclic) bond motifs is 3. The Morgan fingerprint density at radius 2 is 1.20 bits per heavy atom. The van der Waals surface area contributed by atoms with E-state index >= 15 is 0 Å². The Bertz CT molecular complexity index is 541. The first-order chi connectivity index (χ1) is 9.68. The van der Waals surface area contributed by atoms with Gasteiger partial charge in [0.1, 0.15) is 11.4 Å². The summed E-state index contributed by atoms with van der Waals surface area (Å²) in [6, 6.07) is 16.7. The van der Waals surface area contributed by atoms with E-state index in [0.29, 0.717) is 0 Å². The van der Waals surface area contributed by atoms with Crippen molar-refractivity contribution in [2.24, 2.45) is 0 Å². The Balaban J connectivity index is 0.000000461. The average molecular weight is 270 g/mol. The highest BCUT2D eigenvalue weighted by atomic mass is 16.5. The molecule has 0 spiro atoms. The largest absolute Gasteiger partial charge is 0.482 e. The second-order valence-electron chi connectivity index (χ2n) is 4.65. The standard InChI is InChI=1S/C15H14O.2C2H6/c1-15(2)13-9-5-3-7-11(13)12-8-4-6-10-14(12)16-15;2*1-2/h3-10H,1-2H3;2*1-2H3. The number of hydrogen-bond acceptors (Lipinski definition) is 1. The minimum Gasteiger partial charge on any atom is -0.482 e. The van der Waals surface area contributed by atoms with Crippen molar-refractivity contribution in [3.8, 4) is 16.9 Å². The lowest BCUT2D eigenvalue weighted by Gasteiger charge is -2.34. The number of rotatable bonds is 0. The molecule has 1 nitrogen and oxygen atoms in total. The maximum atomic E-state index is 6.05. The van der Waals surface area contributed by atoms with Gasteiger partial charge in [-0.05, 0) is 25.5 Å². The Kier molecular flexibility index (Phi) is 5.82. The van der Waals surface area contributed by atoms with Gasteiger partial charge in [0, 0.05) is 11.1 Å². The second-order valence-corrected chi connectivity index (χ2v) is 4.65. The van der Waals surface area contributed by atoms with E-state index in [-0.39, 0.29) is 5.60 Å². The molecule has 0 aromatic heterocycles. The van der Waals surface area contributed by atoms with Crippen LogP contribution in [0.5, 0.6) is 5.75 Å². The SMILES string of the molecule is CC.CC.CC1(C)Oc2ccccc2-c2ccccc21. The van der Waals surface area contributed by atoms with Crippen molar-refractivity contribution in [1.29, 1.82) is 0 Å². The maximum absolute atomic E-state index is 6.05. The van der Waals surface area contributed by atoms with Crippen LogP contribution in [0.3, 0.4) is 0 Å². The van der Waals surface area contributed by atoms with Crippen molar-refractivity contribution in [3.63, 3.8) is 0 Å². The third-order valence-electron chi connectivity index (χ3n) is 3.12. The number of benzene rings is 2. The van der Waals surface area contributed by atoms with Gasteiger partial charge in [-0.2, -0.15) is 0 Å². The summed E-state index contributed by atoms with van der Waals surface area (Å²) in [5.74, 6) is 0.978. The van der Waals surface area contributed by atoms with Crippen LogP contribution in [0.25, 0.3) is 11.1 Å². The quantitative estimate of drug-likeness (QED) is 0.567. The van der Waals surface area contributed by atoms with Crippen molar-refractivity contribution in [3.05, 3.63) is 54.1 Å². The van der Waals surface area contributed by atoms with Gasteiger partial charge in [0.05, 0.1) is 0 Å². The third-order valence-corrected chi connectivity index (χ3v) is 3.12. The van der Waals surface area contributed by atoms with E-state index in [4.69, 9.17) is 4.74 Å². The Morgan fingerprint density at radius 1 is 0.700 bits per heavy atom. The van der Waals surface area contributed by atoms with Gasteiger partial charge in [0.2, 0.25) is 0 Å². The van der Waals surface area contributed by atoms with Gasteiger partial charge in [-0.15, -0.1) is 0 Å². The molecule has 0 atom stereocenters. The van der Waals surface area contributed by atoms with E-state index in [9.17, 15) is 0 Å². The van der Waals surface area contributed by atoms with Crippen LogP contribution in [0.2, 0.25) is 0 Å². The lowest BCUT2D eigenvalue weighted by molar-refractivity contribution is 0.106. The molecular weight excluding hydrogens is 244 g/mol. The molecule has 0 amide bonds. The normalized spacial score (nSPS) is 13.3. The van der Waals surface area contributed by atoms with Crippen molar-refractivity contribution in [2.75, 3.05) is 0 Å². The molecule has 0 bridgehead atoms. The van der Waals surface area contributed by atoms with Crippen LogP contribution in [-0.4, -0.2) is 0 Å². The molecule has 0 saturated heterocycles. The molecule has 20 heavy (non-hydrogen) atoms. The molecule has 2 aromatic rings. The summed E-state index contributed by atoms with van der Waals surface area (Å²) in [5, 5.41) is 0.